The SMILES string of the molecule is CNCC(C)C(=O)N[C@H](C)c1ccc(Cl)cc1. The highest BCUT2D eigenvalue weighted by atomic mass is 35.5. The van der Waals surface area contributed by atoms with Gasteiger partial charge in [-0.15, -0.1) is 0 Å². The number of carbonyl (C=O) groups is 1. The lowest BCUT2D eigenvalue weighted by Gasteiger charge is -2.17. The molecule has 4 heteroatoms. The van der Waals surface area contributed by atoms with E-state index in [0.29, 0.717) is 11.6 Å². The largest absolute Gasteiger partial charge is 0.349 e. The quantitative estimate of drug-likeness (QED) is 0.847. The average Bonchev–Trinajstić information content (AvgIpc) is 2.30. The topological polar surface area (TPSA) is 41.1 Å². The van der Waals surface area contributed by atoms with E-state index in [1.807, 2.05) is 45.2 Å². The molecule has 0 aliphatic carbocycles. The molecule has 1 aromatic rings. The second-order valence-corrected chi connectivity index (χ2v) is 4.68. The van der Waals surface area contributed by atoms with Gasteiger partial charge in [-0.2, -0.15) is 0 Å². The molecule has 1 amide bonds. The first-order chi connectivity index (χ1) is 8.04. The lowest BCUT2D eigenvalue weighted by atomic mass is 10.1. The molecule has 0 aromatic heterocycles. The minimum Gasteiger partial charge on any atom is -0.349 e. The Bertz CT molecular complexity index is 364. The molecule has 0 radical (unpaired) electrons. The van der Waals surface area contributed by atoms with Gasteiger partial charge in [-0.05, 0) is 31.7 Å². The van der Waals surface area contributed by atoms with E-state index in [0.717, 1.165) is 5.56 Å². The van der Waals surface area contributed by atoms with Crippen molar-refractivity contribution in [1.82, 2.24) is 10.6 Å². The van der Waals surface area contributed by atoms with Crippen LogP contribution in [0.5, 0.6) is 0 Å². The van der Waals surface area contributed by atoms with Crippen LogP contribution in [0, 0.1) is 5.92 Å². The van der Waals surface area contributed by atoms with Gasteiger partial charge in [0.25, 0.3) is 0 Å². The molecule has 2 atom stereocenters. The monoisotopic (exact) mass is 254 g/mol. The van der Waals surface area contributed by atoms with Crippen LogP contribution in [0.4, 0.5) is 0 Å². The molecule has 2 N–H and O–H groups in total. The summed E-state index contributed by atoms with van der Waals surface area (Å²) in [6.07, 6.45) is 0. The lowest BCUT2D eigenvalue weighted by Crippen LogP contribution is -2.35. The Morgan fingerprint density at radius 1 is 1.29 bits per heavy atom. The fourth-order valence-electron chi connectivity index (χ4n) is 1.59. The Labute approximate surface area is 108 Å². The second kappa shape index (κ2) is 6.62. The maximum Gasteiger partial charge on any atom is 0.224 e. The third-order valence-corrected chi connectivity index (χ3v) is 2.94. The molecule has 0 spiro atoms. The Hall–Kier alpha value is -1.06. The summed E-state index contributed by atoms with van der Waals surface area (Å²) in [5.74, 6) is 0.0246. The number of benzene rings is 1. The summed E-state index contributed by atoms with van der Waals surface area (Å²) in [5, 5.41) is 6.67. The first-order valence-electron chi connectivity index (χ1n) is 5.75. The molecule has 17 heavy (non-hydrogen) atoms. The number of nitrogens with one attached hydrogen (secondary N) is 2. The Balaban J connectivity index is 2.57. The number of hydrogen-bond donors (Lipinski definition) is 2. The highest BCUT2D eigenvalue weighted by Gasteiger charge is 2.15. The van der Waals surface area contributed by atoms with E-state index < -0.39 is 0 Å². The van der Waals surface area contributed by atoms with Crippen LogP contribution in [0.1, 0.15) is 25.5 Å². The summed E-state index contributed by atoms with van der Waals surface area (Å²) in [6, 6.07) is 7.51. The number of carbonyl (C=O) groups excluding carboxylic acids is 1. The molecule has 94 valence electrons. The van der Waals surface area contributed by atoms with Crippen LogP contribution < -0.4 is 10.6 Å². The zero-order valence-corrected chi connectivity index (χ0v) is 11.2. The molecule has 0 bridgehead atoms. The van der Waals surface area contributed by atoms with Crippen molar-refractivity contribution in [2.24, 2.45) is 5.92 Å². The van der Waals surface area contributed by atoms with Gasteiger partial charge in [-0.3, -0.25) is 4.79 Å². The molecule has 0 aliphatic rings. The van der Waals surface area contributed by atoms with Crippen LogP contribution in [0.15, 0.2) is 24.3 Å². The molecule has 0 heterocycles. The van der Waals surface area contributed by atoms with Crippen LogP contribution in [0.2, 0.25) is 5.02 Å². The van der Waals surface area contributed by atoms with E-state index >= 15 is 0 Å². The molecule has 0 aliphatic heterocycles. The summed E-state index contributed by atoms with van der Waals surface area (Å²) >= 11 is 5.82. The van der Waals surface area contributed by atoms with Crippen molar-refractivity contribution in [1.29, 1.82) is 0 Å². The third kappa shape index (κ3) is 4.36. The van der Waals surface area contributed by atoms with Crippen molar-refractivity contribution < 1.29 is 4.79 Å². The summed E-state index contributed by atoms with van der Waals surface area (Å²) in [4.78, 5) is 11.8. The number of hydrogen-bond acceptors (Lipinski definition) is 2. The predicted octanol–water partition coefficient (Wildman–Crippen LogP) is 2.37. The van der Waals surface area contributed by atoms with Gasteiger partial charge < -0.3 is 10.6 Å². The maximum atomic E-state index is 11.8. The van der Waals surface area contributed by atoms with E-state index in [9.17, 15) is 4.79 Å². The molecule has 0 saturated carbocycles. The molecule has 3 nitrogen and oxygen atoms in total. The molecule has 0 fully saturated rings. The fourth-order valence-corrected chi connectivity index (χ4v) is 1.72. The summed E-state index contributed by atoms with van der Waals surface area (Å²) in [5.41, 5.74) is 1.06. The predicted molar refractivity (Wildman–Crippen MR) is 71.1 cm³/mol. The standard InChI is InChI=1S/C13H19ClN2O/c1-9(8-15-3)13(17)16-10(2)11-4-6-12(14)7-5-11/h4-7,9-10,15H,8H2,1-3H3,(H,16,17)/t9?,10-/m1/s1. The normalized spacial score (nSPS) is 14.1. The van der Waals surface area contributed by atoms with Crippen molar-refractivity contribution in [2.75, 3.05) is 13.6 Å². The smallest absolute Gasteiger partial charge is 0.224 e. The summed E-state index contributed by atoms with van der Waals surface area (Å²) in [6.45, 7) is 4.55. The highest BCUT2D eigenvalue weighted by molar-refractivity contribution is 6.30. The lowest BCUT2D eigenvalue weighted by molar-refractivity contribution is -0.125. The molecule has 1 rings (SSSR count). The van der Waals surface area contributed by atoms with Crippen LogP contribution >= 0.6 is 11.6 Å². The van der Waals surface area contributed by atoms with Crippen LogP contribution in [0.25, 0.3) is 0 Å². The van der Waals surface area contributed by atoms with E-state index in [4.69, 9.17) is 11.6 Å². The number of halogens is 1. The van der Waals surface area contributed by atoms with Gasteiger partial charge in [0.15, 0.2) is 0 Å². The summed E-state index contributed by atoms with van der Waals surface area (Å²) in [7, 11) is 1.84. The van der Waals surface area contributed by atoms with Crippen molar-refractivity contribution in [3.63, 3.8) is 0 Å². The minimum atomic E-state index is -0.0326. The number of amides is 1. The zero-order chi connectivity index (χ0) is 12.8. The van der Waals surface area contributed by atoms with Crippen LogP contribution in [-0.4, -0.2) is 19.5 Å². The van der Waals surface area contributed by atoms with Crippen molar-refractivity contribution in [2.45, 2.75) is 19.9 Å². The van der Waals surface area contributed by atoms with Crippen LogP contribution in [0.3, 0.4) is 0 Å². The van der Waals surface area contributed by atoms with E-state index in [1.165, 1.54) is 0 Å². The first kappa shape index (κ1) is 14.0. The van der Waals surface area contributed by atoms with Gasteiger partial charge in [0.05, 0.1) is 6.04 Å². The van der Waals surface area contributed by atoms with Crippen molar-refractivity contribution >= 4 is 17.5 Å². The Kier molecular flexibility index (Phi) is 5.45. The van der Waals surface area contributed by atoms with Gasteiger partial charge in [0.2, 0.25) is 5.91 Å². The second-order valence-electron chi connectivity index (χ2n) is 4.24. The summed E-state index contributed by atoms with van der Waals surface area (Å²) < 4.78 is 0. The Morgan fingerprint density at radius 3 is 2.41 bits per heavy atom. The molecular formula is C13H19ClN2O. The van der Waals surface area contributed by atoms with Gasteiger partial charge in [0, 0.05) is 17.5 Å². The Morgan fingerprint density at radius 2 is 1.88 bits per heavy atom. The molecule has 1 unspecified atom stereocenters. The zero-order valence-electron chi connectivity index (χ0n) is 10.5. The van der Waals surface area contributed by atoms with Gasteiger partial charge in [-0.1, -0.05) is 30.7 Å². The maximum absolute atomic E-state index is 11.8. The average molecular weight is 255 g/mol. The molecule has 1 aromatic carbocycles. The van der Waals surface area contributed by atoms with E-state index in [2.05, 4.69) is 10.6 Å². The first-order valence-corrected chi connectivity index (χ1v) is 6.12. The van der Waals surface area contributed by atoms with Crippen LogP contribution in [-0.2, 0) is 4.79 Å². The van der Waals surface area contributed by atoms with E-state index in [-0.39, 0.29) is 17.9 Å². The molecule has 0 saturated heterocycles. The van der Waals surface area contributed by atoms with Crippen molar-refractivity contribution in [3.05, 3.63) is 34.9 Å². The number of rotatable bonds is 5. The van der Waals surface area contributed by atoms with Gasteiger partial charge in [-0.25, -0.2) is 0 Å². The fraction of sp³-hybridized carbons (Fsp3) is 0.462. The van der Waals surface area contributed by atoms with Crippen molar-refractivity contribution in [3.8, 4) is 0 Å². The highest BCUT2D eigenvalue weighted by Crippen LogP contribution is 2.16. The van der Waals surface area contributed by atoms with E-state index in [1.54, 1.807) is 0 Å². The molecular weight excluding hydrogens is 236 g/mol. The minimum absolute atomic E-state index is 0.000859. The third-order valence-electron chi connectivity index (χ3n) is 2.69. The van der Waals surface area contributed by atoms with Gasteiger partial charge >= 0.3 is 0 Å². The van der Waals surface area contributed by atoms with Gasteiger partial charge in [0.1, 0.15) is 0 Å².